The van der Waals surface area contributed by atoms with Gasteiger partial charge in [0.15, 0.2) is 0 Å². The Morgan fingerprint density at radius 1 is 1.19 bits per heavy atom. The molecule has 3 rings (SSSR count). The average molecular weight is 285 g/mol. The van der Waals surface area contributed by atoms with Crippen molar-refractivity contribution in [2.45, 2.75) is 24.3 Å². The molecule has 0 aliphatic carbocycles. The number of ether oxygens (including phenoxy) is 1. The third kappa shape index (κ3) is 2.49. The molecule has 0 spiro atoms. The summed E-state index contributed by atoms with van der Waals surface area (Å²) in [6, 6.07) is 13.2. The van der Waals surface area contributed by atoms with Gasteiger partial charge in [-0.2, -0.15) is 5.10 Å². The van der Waals surface area contributed by atoms with Gasteiger partial charge >= 0.3 is 0 Å². The average Bonchev–Trinajstić information content (AvgIpc) is 2.96. The van der Waals surface area contributed by atoms with E-state index in [9.17, 15) is 0 Å². The molecule has 1 atom stereocenters. The number of nitrogens with zero attached hydrogens (tertiary/aromatic N) is 2. The summed E-state index contributed by atoms with van der Waals surface area (Å²) in [6.07, 6.45) is 3.92. The second-order valence-electron chi connectivity index (χ2n) is 5.74. The summed E-state index contributed by atoms with van der Waals surface area (Å²) in [5, 5.41) is 7.89. The predicted octanol–water partition coefficient (Wildman–Crippen LogP) is 2.43. The molecule has 1 unspecified atom stereocenters. The van der Waals surface area contributed by atoms with Crippen molar-refractivity contribution in [3.05, 3.63) is 53.9 Å². The fraction of sp³-hybridized carbons (Fsp3) is 0.471. The van der Waals surface area contributed by atoms with Crippen LogP contribution in [0, 0.1) is 0 Å². The lowest BCUT2D eigenvalue weighted by Gasteiger charge is -2.44. The molecule has 21 heavy (non-hydrogen) atoms. The molecule has 0 saturated carbocycles. The van der Waals surface area contributed by atoms with Gasteiger partial charge in [-0.15, -0.1) is 0 Å². The zero-order valence-electron chi connectivity index (χ0n) is 12.7. The lowest BCUT2D eigenvalue weighted by atomic mass is 9.67. The highest BCUT2D eigenvalue weighted by molar-refractivity contribution is 5.31. The standard InChI is InChI=1S/C17H23N3O/c1-18-16(15-8-11-19-20(15)2)17(9-12-21-13-10-17)14-6-4-3-5-7-14/h3-8,11,16,18H,9-10,12-13H2,1-2H3. The Hall–Kier alpha value is -1.65. The maximum absolute atomic E-state index is 5.64. The minimum Gasteiger partial charge on any atom is -0.381 e. The Kier molecular flexibility index (Phi) is 4.08. The van der Waals surface area contributed by atoms with Crippen molar-refractivity contribution >= 4 is 0 Å². The van der Waals surface area contributed by atoms with Crippen LogP contribution in [0.1, 0.15) is 30.1 Å². The number of hydrogen-bond acceptors (Lipinski definition) is 3. The summed E-state index contributed by atoms with van der Waals surface area (Å²) in [5.74, 6) is 0. The van der Waals surface area contributed by atoms with Crippen LogP contribution < -0.4 is 5.32 Å². The first-order valence-electron chi connectivity index (χ1n) is 7.56. The van der Waals surface area contributed by atoms with Crippen LogP contribution in [0.4, 0.5) is 0 Å². The van der Waals surface area contributed by atoms with E-state index in [1.165, 1.54) is 11.3 Å². The minimum absolute atomic E-state index is 0.0576. The monoisotopic (exact) mass is 285 g/mol. The molecule has 0 bridgehead atoms. The fourth-order valence-corrected chi connectivity index (χ4v) is 3.62. The molecule has 4 nitrogen and oxygen atoms in total. The summed E-state index contributed by atoms with van der Waals surface area (Å²) in [6.45, 7) is 1.62. The Labute approximate surface area is 126 Å². The van der Waals surface area contributed by atoms with Crippen LogP contribution in [0.5, 0.6) is 0 Å². The molecule has 1 aromatic carbocycles. The smallest absolute Gasteiger partial charge is 0.0589 e. The van der Waals surface area contributed by atoms with Crippen molar-refractivity contribution in [1.29, 1.82) is 0 Å². The van der Waals surface area contributed by atoms with Crippen LogP contribution in [0.3, 0.4) is 0 Å². The topological polar surface area (TPSA) is 39.1 Å². The lowest BCUT2D eigenvalue weighted by molar-refractivity contribution is 0.0340. The van der Waals surface area contributed by atoms with E-state index < -0.39 is 0 Å². The van der Waals surface area contributed by atoms with Crippen LogP contribution in [-0.4, -0.2) is 30.0 Å². The van der Waals surface area contributed by atoms with Crippen molar-refractivity contribution in [1.82, 2.24) is 15.1 Å². The van der Waals surface area contributed by atoms with Gasteiger partial charge in [0.05, 0.1) is 11.7 Å². The molecule has 2 aromatic rings. The van der Waals surface area contributed by atoms with Gasteiger partial charge < -0.3 is 10.1 Å². The van der Waals surface area contributed by atoms with E-state index in [1.54, 1.807) is 0 Å². The molecule has 4 heteroatoms. The van der Waals surface area contributed by atoms with Gasteiger partial charge in [-0.1, -0.05) is 30.3 Å². The fourth-order valence-electron chi connectivity index (χ4n) is 3.62. The van der Waals surface area contributed by atoms with Gasteiger partial charge in [-0.3, -0.25) is 4.68 Å². The van der Waals surface area contributed by atoms with Crippen molar-refractivity contribution in [2.75, 3.05) is 20.3 Å². The van der Waals surface area contributed by atoms with Crippen molar-refractivity contribution in [3.8, 4) is 0 Å². The van der Waals surface area contributed by atoms with Gasteiger partial charge in [-0.25, -0.2) is 0 Å². The van der Waals surface area contributed by atoms with Crippen molar-refractivity contribution in [2.24, 2.45) is 7.05 Å². The maximum Gasteiger partial charge on any atom is 0.0589 e. The highest BCUT2D eigenvalue weighted by atomic mass is 16.5. The largest absolute Gasteiger partial charge is 0.381 e. The second kappa shape index (κ2) is 6.00. The third-order valence-corrected chi connectivity index (χ3v) is 4.73. The summed E-state index contributed by atoms with van der Waals surface area (Å²) in [5.41, 5.74) is 2.67. The maximum atomic E-state index is 5.64. The Balaban J connectivity index is 2.08. The van der Waals surface area contributed by atoms with Crippen LogP contribution in [0.25, 0.3) is 0 Å². The summed E-state index contributed by atoms with van der Waals surface area (Å²) >= 11 is 0. The van der Waals surface area contributed by atoms with E-state index in [4.69, 9.17) is 4.74 Å². The van der Waals surface area contributed by atoms with Crippen LogP contribution in [0.15, 0.2) is 42.6 Å². The molecule has 2 heterocycles. The van der Waals surface area contributed by atoms with E-state index in [-0.39, 0.29) is 11.5 Å². The van der Waals surface area contributed by atoms with Gasteiger partial charge in [0.25, 0.3) is 0 Å². The molecular formula is C17H23N3O. The Morgan fingerprint density at radius 2 is 1.90 bits per heavy atom. The van der Waals surface area contributed by atoms with Crippen LogP contribution >= 0.6 is 0 Å². The quantitative estimate of drug-likeness (QED) is 0.938. The number of nitrogens with one attached hydrogen (secondary N) is 1. The number of aryl methyl sites for hydroxylation is 1. The summed E-state index contributed by atoms with van der Waals surface area (Å²) in [7, 11) is 4.05. The number of rotatable bonds is 4. The van der Waals surface area contributed by atoms with E-state index in [0.717, 1.165) is 26.1 Å². The van der Waals surface area contributed by atoms with Gasteiger partial charge in [0.2, 0.25) is 0 Å². The highest BCUT2D eigenvalue weighted by Crippen LogP contribution is 2.44. The molecule has 1 aliphatic rings. The SMILES string of the molecule is CNC(c1ccnn1C)C1(c2ccccc2)CCOCC1. The van der Waals surface area contributed by atoms with E-state index in [2.05, 4.69) is 46.8 Å². The molecular weight excluding hydrogens is 262 g/mol. The number of aromatic nitrogens is 2. The Bertz CT molecular complexity index is 573. The Morgan fingerprint density at radius 3 is 2.48 bits per heavy atom. The molecule has 1 aliphatic heterocycles. The minimum atomic E-state index is 0.0576. The zero-order chi connectivity index (χ0) is 14.7. The first kappa shape index (κ1) is 14.3. The second-order valence-corrected chi connectivity index (χ2v) is 5.74. The van der Waals surface area contributed by atoms with Crippen molar-refractivity contribution in [3.63, 3.8) is 0 Å². The first-order valence-corrected chi connectivity index (χ1v) is 7.56. The molecule has 1 fully saturated rings. The molecule has 1 aromatic heterocycles. The molecule has 112 valence electrons. The molecule has 0 radical (unpaired) electrons. The molecule has 0 amide bonds. The highest BCUT2D eigenvalue weighted by Gasteiger charge is 2.42. The predicted molar refractivity (Wildman–Crippen MR) is 83.2 cm³/mol. The zero-order valence-corrected chi connectivity index (χ0v) is 12.7. The van der Waals surface area contributed by atoms with E-state index in [1.807, 2.05) is 25.0 Å². The third-order valence-electron chi connectivity index (χ3n) is 4.73. The van der Waals surface area contributed by atoms with Gasteiger partial charge in [-0.05, 0) is 31.5 Å². The lowest BCUT2D eigenvalue weighted by Crippen LogP contribution is -2.45. The normalized spacial score (nSPS) is 19.3. The van der Waals surface area contributed by atoms with E-state index in [0.29, 0.717) is 0 Å². The summed E-state index contributed by atoms with van der Waals surface area (Å²) < 4.78 is 7.61. The van der Waals surface area contributed by atoms with Crippen molar-refractivity contribution < 1.29 is 4.74 Å². The molecule has 1 N–H and O–H groups in total. The number of benzene rings is 1. The van der Waals surface area contributed by atoms with E-state index >= 15 is 0 Å². The van der Waals surface area contributed by atoms with Crippen LogP contribution in [-0.2, 0) is 17.2 Å². The number of hydrogen-bond donors (Lipinski definition) is 1. The summed E-state index contributed by atoms with van der Waals surface area (Å²) in [4.78, 5) is 0. The van der Waals surface area contributed by atoms with Gasteiger partial charge in [0, 0.05) is 31.9 Å². The van der Waals surface area contributed by atoms with Crippen LogP contribution in [0.2, 0.25) is 0 Å². The molecule has 1 saturated heterocycles. The first-order chi connectivity index (χ1) is 10.3. The number of likely N-dealkylation sites (N-methyl/N-ethyl adjacent to an activating group) is 1. The van der Waals surface area contributed by atoms with Gasteiger partial charge in [0.1, 0.15) is 0 Å².